The molecule has 1 aromatic carbocycles. The maximum absolute atomic E-state index is 9.83. The summed E-state index contributed by atoms with van der Waals surface area (Å²) in [5.41, 5.74) is 0.690. The highest BCUT2D eigenvalue weighted by Crippen LogP contribution is 2.23. The maximum atomic E-state index is 9.83. The standard InChI is InChI=1S/C12H18O3/c1-3-5-11(13)12(14)9-6-4-7-10(8-9)15-2/h4,6-8,11-14H,3,5H2,1-2H3. The summed E-state index contributed by atoms with van der Waals surface area (Å²) in [6, 6.07) is 7.13. The molecule has 0 saturated carbocycles. The fourth-order valence-electron chi connectivity index (χ4n) is 1.50. The van der Waals surface area contributed by atoms with E-state index in [1.807, 2.05) is 13.0 Å². The molecule has 3 heteroatoms. The van der Waals surface area contributed by atoms with E-state index in [9.17, 15) is 10.2 Å². The third-order valence-electron chi connectivity index (χ3n) is 2.38. The highest BCUT2D eigenvalue weighted by atomic mass is 16.5. The minimum absolute atomic E-state index is 0.596. The van der Waals surface area contributed by atoms with Gasteiger partial charge in [-0.3, -0.25) is 0 Å². The second-order valence-corrected chi connectivity index (χ2v) is 3.58. The van der Waals surface area contributed by atoms with Gasteiger partial charge in [0.2, 0.25) is 0 Å². The van der Waals surface area contributed by atoms with Crippen LogP contribution in [-0.2, 0) is 0 Å². The molecule has 0 spiro atoms. The van der Waals surface area contributed by atoms with E-state index in [0.717, 1.165) is 6.42 Å². The van der Waals surface area contributed by atoms with Crippen molar-refractivity contribution in [3.05, 3.63) is 29.8 Å². The van der Waals surface area contributed by atoms with Crippen LogP contribution in [0.15, 0.2) is 24.3 Å². The Hall–Kier alpha value is -1.06. The molecule has 2 N–H and O–H groups in total. The van der Waals surface area contributed by atoms with E-state index in [1.165, 1.54) is 0 Å². The molecule has 0 radical (unpaired) electrons. The Bertz CT molecular complexity index is 299. The molecule has 0 bridgehead atoms. The van der Waals surface area contributed by atoms with Gasteiger partial charge in [-0.15, -0.1) is 0 Å². The molecule has 15 heavy (non-hydrogen) atoms. The topological polar surface area (TPSA) is 49.7 Å². The molecule has 1 aromatic rings. The van der Waals surface area contributed by atoms with Crippen LogP contribution < -0.4 is 4.74 Å². The molecule has 0 aliphatic rings. The Balaban J connectivity index is 2.76. The number of rotatable bonds is 5. The Labute approximate surface area is 90.3 Å². The van der Waals surface area contributed by atoms with Crippen molar-refractivity contribution in [1.29, 1.82) is 0 Å². The fraction of sp³-hybridized carbons (Fsp3) is 0.500. The zero-order valence-corrected chi connectivity index (χ0v) is 9.18. The number of aliphatic hydroxyl groups excluding tert-OH is 2. The van der Waals surface area contributed by atoms with E-state index in [1.54, 1.807) is 25.3 Å². The highest BCUT2D eigenvalue weighted by Gasteiger charge is 2.17. The Morgan fingerprint density at radius 1 is 1.33 bits per heavy atom. The monoisotopic (exact) mass is 210 g/mol. The molecule has 0 aromatic heterocycles. The van der Waals surface area contributed by atoms with Crippen molar-refractivity contribution in [2.45, 2.75) is 32.0 Å². The number of hydrogen-bond donors (Lipinski definition) is 2. The van der Waals surface area contributed by atoms with E-state index in [-0.39, 0.29) is 0 Å². The van der Waals surface area contributed by atoms with Crippen molar-refractivity contribution < 1.29 is 14.9 Å². The van der Waals surface area contributed by atoms with Gasteiger partial charge in [-0.25, -0.2) is 0 Å². The molecule has 0 fully saturated rings. The van der Waals surface area contributed by atoms with Crippen LogP contribution in [0.4, 0.5) is 0 Å². The summed E-state index contributed by atoms with van der Waals surface area (Å²) in [7, 11) is 1.58. The molecule has 3 nitrogen and oxygen atoms in total. The van der Waals surface area contributed by atoms with E-state index in [0.29, 0.717) is 17.7 Å². The van der Waals surface area contributed by atoms with Crippen LogP contribution in [-0.4, -0.2) is 23.4 Å². The predicted octanol–water partition coefficient (Wildman–Crippen LogP) is 1.89. The number of ether oxygens (including phenoxy) is 1. The van der Waals surface area contributed by atoms with Crippen molar-refractivity contribution in [1.82, 2.24) is 0 Å². The van der Waals surface area contributed by atoms with E-state index in [2.05, 4.69) is 0 Å². The maximum Gasteiger partial charge on any atom is 0.119 e. The summed E-state index contributed by atoms with van der Waals surface area (Å²) in [5.74, 6) is 0.690. The first-order valence-electron chi connectivity index (χ1n) is 5.19. The number of benzene rings is 1. The molecule has 0 amide bonds. The smallest absolute Gasteiger partial charge is 0.119 e. The zero-order chi connectivity index (χ0) is 11.3. The average molecular weight is 210 g/mol. The Morgan fingerprint density at radius 3 is 2.67 bits per heavy atom. The van der Waals surface area contributed by atoms with Crippen molar-refractivity contribution >= 4 is 0 Å². The van der Waals surface area contributed by atoms with Gasteiger partial charge in [0.05, 0.1) is 13.2 Å². The molecule has 2 atom stereocenters. The normalized spacial score (nSPS) is 14.7. The fourth-order valence-corrected chi connectivity index (χ4v) is 1.50. The molecular weight excluding hydrogens is 192 g/mol. The second-order valence-electron chi connectivity index (χ2n) is 3.58. The molecule has 84 valence electrons. The first-order valence-corrected chi connectivity index (χ1v) is 5.19. The lowest BCUT2D eigenvalue weighted by atomic mass is 10.0. The summed E-state index contributed by atoms with van der Waals surface area (Å²) < 4.78 is 5.05. The quantitative estimate of drug-likeness (QED) is 0.780. The molecule has 0 aliphatic carbocycles. The van der Waals surface area contributed by atoms with Crippen LogP contribution in [0.1, 0.15) is 31.4 Å². The number of aliphatic hydroxyl groups is 2. The van der Waals surface area contributed by atoms with Gasteiger partial charge in [0.15, 0.2) is 0 Å². The van der Waals surface area contributed by atoms with Gasteiger partial charge in [0.1, 0.15) is 11.9 Å². The van der Waals surface area contributed by atoms with Gasteiger partial charge < -0.3 is 14.9 Å². The van der Waals surface area contributed by atoms with Gasteiger partial charge >= 0.3 is 0 Å². The first-order chi connectivity index (χ1) is 7.19. The Morgan fingerprint density at radius 2 is 2.07 bits per heavy atom. The van der Waals surface area contributed by atoms with Crippen LogP contribution in [0, 0.1) is 0 Å². The molecule has 0 aliphatic heterocycles. The summed E-state index contributed by atoms with van der Waals surface area (Å²) in [4.78, 5) is 0. The molecule has 0 heterocycles. The van der Waals surface area contributed by atoms with Gasteiger partial charge in [-0.05, 0) is 24.1 Å². The summed E-state index contributed by atoms with van der Waals surface area (Å²) >= 11 is 0. The van der Waals surface area contributed by atoms with Crippen molar-refractivity contribution in [3.63, 3.8) is 0 Å². The lowest BCUT2D eigenvalue weighted by molar-refractivity contribution is 0.0130. The minimum atomic E-state index is -0.833. The van der Waals surface area contributed by atoms with E-state index < -0.39 is 12.2 Å². The highest BCUT2D eigenvalue weighted by molar-refractivity contribution is 5.30. The van der Waals surface area contributed by atoms with Gasteiger partial charge in [-0.2, -0.15) is 0 Å². The average Bonchev–Trinajstić information content (AvgIpc) is 2.28. The SMILES string of the molecule is CCCC(O)C(O)c1cccc(OC)c1. The lowest BCUT2D eigenvalue weighted by Gasteiger charge is -2.17. The van der Waals surface area contributed by atoms with Gasteiger partial charge in [0.25, 0.3) is 0 Å². The largest absolute Gasteiger partial charge is 0.497 e. The summed E-state index contributed by atoms with van der Waals surface area (Å²) in [6.07, 6.45) is -0.0947. The third-order valence-corrected chi connectivity index (χ3v) is 2.38. The van der Waals surface area contributed by atoms with Crippen molar-refractivity contribution in [3.8, 4) is 5.75 Å². The van der Waals surface area contributed by atoms with Crippen LogP contribution in [0.3, 0.4) is 0 Å². The minimum Gasteiger partial charge on any atom is -0.497 e. The van der Waals surface area contributed by atoms with Crippen molar-refractivity contribution in [2.75, 3.05) is 7.11 Å². The van der Waals surface area contributed by atoms with Crippen LogP contribution in [0.25, 0.3) is 0 Å². The third kappa shape index (κ3) is 3.22. The second kappa shape index (κ2) is 5.73. The first kappa shape index (κ1) is 12.0. The molecule has 1 rings (SSSR count). The molecule has 0 saturated heterocycles. The predicted molar refractivity (Wildman–Crippen MR) is 58.9 cm³/mol. The van der Waals surface area contributed by atoms with Gasteiger partial charge in [0, 0.05) is 0 Å². The molecule has 2 unspecified atom stereocenters. The molecular formula is C12H18O3. The summed E-state index contributed by atoms with van der Waals surface area (Å²) in [6.45, 7) is 1.97. The Kier molecular flexibility index (Phi) is 4.59. The van der Waals surface area contributed by atoms with Crippen LogP contribution in [0.2, 0.25) is 0 Å². The zero-order valence-electron chi connectivity index (χ0n) is 9.18. The van der Waals surface area contributed by atoms with Crippen molar-refractivity contribution in [2.24, 2.45) is 0 Å². The van der Waals surface area contributed by atoms with Gasteiger partial charge in [-0.1, -0.05) is 25.5 Å². The van der Waals surface area contributed by atoms with Crippen LogP contribution >= 0.6 is 0 Å². The number of methoxy groups -OCH3 is 1. The van der Waals surface area contributed by atoms with E-state index in [4.69, 9.17) is 4.74 Å². The van der Waals surface area contributed by atoms with Crippen LogP contribution in [0.5, 0.6) is 5.75 Å². The summed E-state index contributed by atoms with van der Waals surface area (Å²) in [5, 5.41) is 19.5. The van der Waals surface area contributed by atoms with E-state index >= 15 is 0 Å². The number of hydrogen-bond acceptors (Lipinski definition) is 3. The lowest BCUT2D eigenvalue weighted by Crippen LogP contribution is -2.17.